The van der Waals surface area contributed by atoms with Crippen LogP contribution in [0.4, 0.5) is 5.13 Å². The second-order valence-corrected chi connectivity index (χ2v) is 7.32. The van der Waals surface area contributed by atoms with E-state index in [0.29, 0.717) is 5.13 Å². The lowest BCUT2D eigenvalue weighted by Gasteiger charge is -2.11. The van der Waals surface area contributed by atoms with E-state index in [1.54, 1.807) is 10.9 Å². The molecular formula is C21H19N5OS. The number of nitrogens with zero attached hydrogens (tertiary/aromatic N) is 4. The highest BCUT2D eigenvalue weighted by Crippen LogP contribution is 2.25. The Hall–Kier alpha value is -3.32. The van der Waals surface area contributed by atoms with Crippen molar-refractivity contribution in [2.24, 2.45) is 0 Å². The van der Waals surface area contributed by atoms with E-state index in [0.717, 1.165) is 28.2 Å². The van der Waals surface area contributed by atoms with Crippen LogP contribution in [0.1, 0.15) is 18.7 Å². The number of carbonyl (C=O) groups excluding carboxylic acids is 1. The lowest BCUT2D eigenvalue weighted by Crippen LogP contribution is -2.24. The van der Waals surface area contributed by atoms with Gasteiger partial charge in [0.1, 0.15) is 6.04 Å². The first-order valence-electron chi connectivity index (χ1n) is 8.90. The molecule has 0 aliphatic carbocycles. The predicted octanol–water partition coefficient (Wildman–Crippen LogP) is 4.58. The van der Waals surface area contributed by atoms with E-state index in [4.69, 9.17) is 0 Å². The molecule has 3 heterocycles. The van der Waals surface area contributed by atoms with Crippen LogP contribution in [0.25, 0.3) is 22.5 Å². The maximum absolute atomic E-state index is 12.4. The molecule has 0 bridgehead atoms. The zero-order valence-corrected chi connectivity index (χ0v) is 16.4. The van der Waals surface area contributed by atoms with Gasteiger partial charge in [0.15, 0.2) is 5.13 Å². The number of hydrogen-bond donors (Lipinski definition) is 1. The molecule has 0 aliphatic rings. The van der Waals surface area contributed by atoms with E-state index in [2.05, 4.69) is 26.4 Å². The molecule has 4 rings (SSSR count). The van der Waals surface area contributed by atoms with Crippen LogP contribution in [0.15, 0.2) is 66.3 Å². The van der Waals surface area contributed by atoms with Crippen molar-refractivity contribution in [3.05, 3.63) is 72.0 Å². The van der Waals surface area contributed by atoms with Crippen LogP contribution in [0.5, 0.6) is 0 Å². The Bertz CT molecular complexity index is 1100. The molecular weight excluding hydrogens is 370 g/mol. The summed E-state index contributed by atoms with van der Waals surface area (Å²) in [5.74, 6) is -0.151. The molecule has 0 spiro atoms. The standard InChI is InChI=1S/C21H19N5OS/c1-14-5-3-8-18(23-14)16-6-4-7-17(13-16)19-9-11-26(25-19)15(2)20(27)24-21-22-10-12-28-21/h3-13,15H,1-2H3,(H,22,24,27)/t15-/m1/s1. The lowest BCUT2D eigenvalue weighted by molar-refractivity contribution is -0.119. The fourth-order valence-corrected chi connectivity index (χ4v) is 3.40. The summed E-state index contributed by atoms with van der Waals surface area (Å²) in [7, 11) is 0. The topological polar surface area (TPSA) is 72.7 Å². The number of aromatic nitrogens is 4. The van der Waals surface area contributed by atoms with Crippen LogP contribution in [0.2, 0.25) is 0 Å². The highest BCUT2D eigenvalue weighted by molar-refractivity contribution is 7.13. The van der Waals surface area contributed by atoms with Crippen LogP contribution < -0.4 is 5.32 Å². The number of carbonyl (C=O) groups is 1. The molecule has 0 unspecified atom stereocenters. The predicted molar refractivity (Wildman–Crippen MR) is 111 cm³/mol. The van der Waals surface area contributed by atoms with Gasteiger partial charge in [0.05, 0.1) is 11.4 Å². The quantitative estimate of drug-likeness (QED) is 0.542. The number of nitrogens with one attached hydrogen (secondary N) is 1. The molecule has 1 N–H and O–H groups in total. The molecule has 140 valence electrons. The summed E-state index contributed by atoms with van der Waals surface area (Å²) in [6.45, 7) is 3.79. The van der Waals surface area contributed by atoms with E-state index in [1.807, 2.05) is 67.9 Å². The Balaban J connectivity index is 1.56. The molecule has 1 amide bonds. The van der Waals surface area contributed by atoms with Crippen molar-refractivity contribution in [3.8, 4) is 22.5 Å². The first-order valence-corrected chi connectivity index (χ1v) is 9.78. The number of rotatable bonds is 5. The van der Waals surface area contributed by atoms with E-state index in [9.17, 15) is 4.79 Å². The van der Waals surface area contributed by atoms with Crippen molar-refractivity contribution < 1.29 is 4.79 Å². The summed E-state index contributed by atoms with van der Waals surface area (Å²) in [6, 6.07) is 15.5. The number of pyridine rings is 1. The summed E-state index contributed by atoms with van der Waals surface area (Å²) in [4.78, 5) is 21.1. The zero-order chi connectivity index (χ0) is 19.5. The maximum atomic E-state index is 12.4. The molecule has 1 atom stereocenters. The fourth-order valence-electron chi connectivity index (χ4n) is 2.86. The van der Waals surface area contributed by atoms with Gasteiger partial charge in [0.2, 0.25) is 0 Å². The summed E-state index contributed by atoms with van der Waals surface area (Å²) in [6.07, 6.45) is 3.48. The minimum absolute atomic E-state index is 0.151. The van der Waals surface area contributed by atoms with Gasteiger partial charge in [-0.1, -0.05) is 24.3 Å². The number of aryl methyl sites for hydroxylation is 1. The number of amides is 1. The highest BCUT2D eigenvalue weighted by atomic mass is 32.1. The minimum atomic E-state index is -0.445. The Morgan fingerprint density at radius 1 is 1.11 bits per heavy atom. The van der Waals surface area contributed by atoms with E-state index in [1.165, 1.54) is 11.3 Å². The van der Waals surface area contributed by atoms with E-state index < -0.39 is 6.04 Å². The third-order valence-electron chi connectivity index (χ3n) is 4.39. The molecule has 0 fully saturated rings. The molecule has 3 aromatic heterocycles. The van der Waals surface area contributed by atoms with Crippen molar-refractivity contribution in [1.82, 2.24) is 19.7 Å². The number of hydrogen-bond acceptors (Lipinski definition) is 5. The SMILES string of the molecule is Cc1cccc(-c2cccc(-c3ccn([C@H](C)C(=O)Nc4nccs4)n3)c2)n1. The normalized spacial score (nSPS) is 11.9. The fraction of sp³-hybridized carbons (Fsp3) is 0.143. The van der Waals surface area contributed by atoms with Gasteiger partial charge in [0, 0.05) is 34.6 Å². The number of anilines is 1. The van der Waals surface area contributed by atoms with E-state index >= 15 is 0 Å². The number of benzene rings is 1. The highest BCUT2D eigenvalue weighted by Gasteiger charge is 2.17. The largest absolute Gasteiger partial charge is 0.300 e. The maximum Gasteiger partial charge on any atom is 0.250 e. The molecule has 0 radical (unpaired) electrons. The van der Waals surface area contributed by atoms with Gasteiger partial charge in [-0.2, -0.15) is 5.10 Å². The van der Waals surface area contributed by atoms with Gasteiger partial charge in [-0.3, -0.25) is 14.5 Å². The Morgan fingerprint density at radius 2 is 1.89 bits per heavy atom. The van der Waals surface area contributed by atoms with Crippen molar-refractivity contribution >= 4 is 22.4 Å². The summed E-state index contributed by atoms with van der Waals surface area (Å²) in [5, 5.41) is 9.81. The van der Waals surface area contributed by atoms with Gasteiger partial charge in [0.25, 0.3) is 5.91 Å². The zero-order valence-electron chi connectivity index (χ0n) is 15.5. The molecule has 0 saturated heterocycles. The van der Waals surface area contributed by atoms with E-state index in [-0.39, 0.29) is 5.91 Å². The first-order chi connectivity index (χ1) is 13.6. The minimum Gasteiger partial charge on any atom is -0.300 e. The molecule has 0 saturated carbocycles. The number of thiazole rings is 1. The van der Waals surface area contributed by atoms with Crippen molar-refractivity contribution in [2.45, 2.75) is 19.9 Å². The van der Waals surface area contributed by atoms with Crippen LogP contribution in [-0.4, -0.2) is 25.7 Å². The molecule has 0 aliphatic heterocycles. The van der Waals surface area contributed by atoms with Gasteiger partial charge < -0.3 is 5.32 Å². The lowest BCUT2D eigenvalue weighted by atomic mass is 10.1. The smallest absolute Gasteiger partial charge is 0.250 e. The molecule has 1 aromatic carbocycles. The van der Waals surface area contributed by atoms with Crippen LogP contribution in [-0.2, 0) is 4.79 Å². The van der Waals surface area contributed by atoms with Gasteiger partial charge in [-0.05, 0) is 38.1 Å². The second-order valence-electron chi connectivity index (χ2n) is 6.43. The van der Waals surface area contributed by atoms with Crippen LogP contribution in [0.3, 0.4) is 0 Å². The van der Waals surface area contributed by atoms with Crippen LogP contribution in [0, 0.1) is 6.92 Å². The molecule has 28 heavy (non-hydrogen) atoms. The third-order valence-corrected chi connectivity index (χ3v) is 5.08. The van der Waals surface area contributed by atoms with Gasteiger partial charge >= 0.3 is 0 Å². The third kappa shape index (κ3) is 3.84. The Kier molecular flexibility index (Phi) is 4.99. The monoisotopic (exact) mass is 389 g/mol. The summed E-state index contributed by atoms with van der Waals surface area (Å²) < 4.78 is 1.66. The van der Waals surface area contributed by atoms with Crippen molar-refractivity contribution in [3.63, 3.8) is 0 Å². The van der Waals surface area contributed by atoms with Crippen molar-refractivity contribution in [1.29, 1.82) is 0 Å². The van der Waals surface area contributed by atoms with Crippen LogP contribution >= 0.6 is 11.3 Å². The van der Waals surface area contributed by atoms with Crippen molar-refractivity contribution in [2.75, 3.05) is 5.32 Å². The molecule has 6 nitrogen and oxygen atoms in total. The Morgan fingerprint density at radius 3 is 2.64 bits per heavy atom. The second kappa shape index (κ2) is 7.74. The Labute approximate surface area is 166 Å². The molecule has 4 aromatic rings. The molecule has 7 heteroatoms. The van der Waals surface area contributed by atoms with Gasteiger partial charge in [-0.15, -0.1) is 11.3 Å². The average Bonchev–Trinajstić information content (AvgIpc) is 3.39. The summed E-state index contributed by atoms with van der Waals surface area (Å²) >= 11 is 1.39. The first kappa shape index (κ1) is 18.1. The van der Waals surface area contributed by atoms with Gasteiger partial charge in [-0.25, -0.2) is 4.98 Å². The summed E-state index contributed by atoms with van der Waals surface area (Å²) in [5.41, 5.74) is 4.73. The average molecular weight is 389 g/mol.